The first kappa shape index (κ1) is 33.9. The van der Waals surface area contributed by atoms with Crippen LogP contribution in [-0.4, -0.2) is 63.6 Å². The largest absolute Gasteiger partial charge is 0.480 e. The van der Waals surface area contributed by atoms with Crippen molar-refractivity contribution in [2.75, 3.05) is 7.11 Å². The van der Waals surface area contributed by atoms with Crippen molar-refractivity contribution in [2.24, 2.45) is 23.1 Å². The number of rotatable bonds is 9. The van der Waals surface area contributed by atoms with Crippen molar-refractivity contribution in [3.63, 3.8) is 0 Å². The topological polar surface area (TPSA) is 210 Å². The number of aliphatic hydroxyl groups is 1. The van der Waals surface area contributed by atoms with Crippen molar-refractivity contribution in [1.29, 1.82) is 0 Å². The second kappa shape index (κ2) is 20.1. The molecule has 3 atom stereocenters. The minimum absolute atomic E-state index is 0.357. The van der Waals surface area contributed by atoms with Crippen molar-refractivity contribution in [2.45, 2.75) is 51.2 Å². The first-order valence-corrected chi connectivity index (χ1v) is 10.9. The zero-order valence-corrected chi connectivity index (χ0v) is 20.4. The van der Waals surface area contributed by atoms with Crippen molar-refractivity contribution < 1.29 is 34.8 Å². The predicted octanol–water partition coefficient (Wildman–Crippen LogP) is 1.33. The molecule has 0 heterocycles. The quantitative estimate of drug-likeness (QED) is 0.266. The molecule has 0 aliphatic heterocycles. The van der Waals surface area contributed by atoms with E-state index >= 15 is 0 Å². The molecule has 2 rings (SSSR count). The predicted molar refractivity (Wildman–Crippen MR) is 135 cm³/mol. The van der Waals surface area contributed by atoms with Gasteiger partial charge in [0.1, 0.15) is 18.1 Å². The highest BCUT2D eigenvalue weighted by molar-refractivity contribution is 5.74. The summed E-state index contributed by atoms with van der Waals surface area (Å²) in [5, 5.41) is 32.3. The summed E-state index contributed by atoms with van der Waals surface area (Å²) in [4.78, 5) is 30.9. The number of hydrogen-bond donors (Lipinski definition) is 7. The number of benzene rings is 2. The number of aliphatic hydroxyl groups excluding tert-OH is 1. The molecule has 2 aromatic rings. The molecular weight excluding hydrogens is 454 g/mol. The summed E-state index contributed by atoms with van der Waals surface area (Å²) in [5.74, 6) is -2.47. The molecule has 0 aromatic heterocycles. The van der Waals surface area contributed by atoms with Crippen LogP contribution in [0.2, 0.25) is 0 Å². The zero-order valence-electron chi connectivity index (χ0n) is 20.4. The number of aliphatic carboxylic acids is 3. The van der Waals surface area contributed by atoms with Crippen LogP contribution in [-0.2, 0) is 27.2 Å². The van der Waals surface area contributed by atoms with E-state index in [-0.39, 0.29) is 0 Å². The van der Waals surface area contributed by atoms with Crippen LogP contribution in [0.15, 0.2) is 60.7 Å². The Balaban J connectivity index is 0. The average molecular weight is 494 g/mol. The lowest BCUT2D eigenvalue weighted by Gasteiger charge is -2.07. The molecule has 0 bridgehead atoms. The van der Waals surface area contributed by atoms with Gasteiger partial charge in [-0.25, -0.2) is 0 Å². The third-order valence-corrected chi connectivity index (χ3v) is 4.27. The minimum atomic E-state index is -0.959. The summed E-state index contributed by atoms with van der Waals surface area (Å²) in [6.07, 6.45) is 1.32. The Bertz CT molecular complexity index is 776. The average Bonchev–Trinajstić information content (AvgIpc) is 2.82. The van der Waals surface area contributed by atoms with Crippen molar-refractivity contribution in [1.82, 2.24) is 0 Å². The molecule has 10 nitrogen and oxygen atoms in total. The lowest BCUT2D eigenvalue weighted by Crippen LogP contribution is -2.32. The van der Waals surface area contributed by atoms with Gasteiger partial charge in [-0.3, -0.25) is 14.4 Å². The fourth-order valence-corrected chi connectivity index (χ4v) is 2.52. The van der Waals surface area contributed by atoms with E-state index in [2.05, 4.69) is 0 Å². The van der Waals surface area contributed by atoms with Gasteiger partial charge in [-0.05, 0) is 36.3 Å². The van der Waals surface area contributed by atoms with Gasteiger partial charge in [0, 0.05) is 7.11 Å². The Kier molecular flexibility index (Phi) is 19.4. The molecule has 0 radical (unpaired) electrons. The summed E-state index contributed by atoms with van der Waals surface area (Å²) in [5.41, 5.74) is 17.8. The van der Waals surface area contributed by atoms with Crippen LogP contribution in [0.1, 0.15) is 31.4 Å². The third-order valence-electron chi connectivity index (χ3n) is 4.27. The van der Waals surface area contributed by atoms with Crippen molar-refractivity contribution in [3.05, 3.63) is 71.8 Å². The van der Waals surface area contributed by atoms with E-state index in [1.54, 1.807) is 0 Å². The Hall–Kier alpha value is -3.31. The van der Waals surface area contributed by atoms with E-state index in [9.17, 15) is 14.4 Å². The summed E-state index contributed by atoms with van der Waals surface area (Å²) < 4.78 is 0. The summed E-state index contributed by atoms with van der Waals surface area (Å²) in [6.45, 7) is 3.89. The molecule has 0 fully saturated rings. The molecule has 10 heteroatoms. The standard InChI is InChI=1S/2C9H11NO2.C6H13NO2.CH4O/c2*10-8(9(11)12)6-7-4-2-1-3-5-7;1-4(2)3-5(7)6(8)9;1-2/h2*1-5,8H,6,10H2,(H,11,12);4-5H,3,7H2,1-2H3,(H,8,9);2H,1H3. The monoisotopic (exact) mass is 493 g/mol. The number of carboxylic acid groups (broad SMARTS) is 3. The van der Waals surface area contributed by atoms with E-state index in [1.165, 1.54) is 0 Å². The summed E-state index contributed by atoms with van der Waals surface area (Å²) >= 11 is 0. The van der Waals surface area contributed by atoms with Gasteiger partial charge in [-0.2, -0.15) is 0 Å². The molecule has 10 N–H and O–H groups in total. The normalized spacial score (nSPS) is 12.2. The summed E-state index contributed by atoms with van der Waals surface area (Å²) in [7, 11) is 1.00. The molecule has 35 heavy (non-hydrogen) atoms. The summed E-state index contributed by atoms with van der Waals surface area (Å²) in [6, 6.07) is 16.4. The van der Waals surface area contributed by atoms with Gasteiger partial charge in [-0.1, -0.05) is 74.5 Å². The maximum absolute atomic E-state index is 10.4. The molecule has 0 spiro atoms. The van der Waals surface area contributed by atoms with Crippen LogP contribution >= 0.6 is 0 Å². The second-order valence-electron chi connectivity index (χ2n) is 7.84. The van der Waals surface area contributed by atoms with Gasteiger partial charge in [0.05, 0.1) is 0 Å². The maximum Gasteiger partial charge on any atom is 0.320 e. The highest BCUT2D eigenvalue weighted by Gasteiger charge is 2.12. The van der Waals surface area contributed by atoms with Gasteiger partial charge < -0.3 is 37.6 Å². The van der Waals surface area contributed by atoms with Gasteiger partial charge in [0.15, 0.2) is 0 Å². The first-order valence-electron chi connectivity index (χ1n) is 10.9. The lowest BCUT2D eigenvalue weighted by molar-refractivity contribution is -0.139. The Morgan fingerprint density at radius 2 is 0.914 bits per heavy atom. The second-order valence-corrected chi connectivity index (χ2v) is 7.84. The van der Waals surface area contributed by atoms with E-state index in [1.807, 2.05) is 74.5 Å². The first-order chi connectivity index (χ1) is 16.4. The zero-order chi connectivity index (χ0) is 27.4. The molecule has 196 valence electrons. The van der Waals surface area contributed by atoms with Crippen LogP contribution in [0.5, 0.6) is 0 Å². The fourth-order valence-electron chi connectivity index (χ4n) is 2.52. The highest BCUT2D eigenvalue weighted by Crippen LogP contribution is 2.03. The van der Waals surface area contributed by atoms with E-state index in [4.69, 9.17) is 37.6 Å². The Morgan fingerprint density at radius 3 is 1.11 bits per heavy atom. The maximum atomic E-state index is 10.4. The smallest absolute Gasteiger partial charge is 0.320 e. The van der Waals surface area contributed by atoms with E-state index < -0.39 is 36.0 Å². The van der Waals surface area contributed by atoms with Gasteiger partial charge in [0.2, 0.25) is 0 Å². The van der Waals surface area contributed by atoms with Crippen LogP contribution in [0.3, 0.4) is 0 Å². The van der Waals surface area contributed by atoms with Gasteiger partial charge >= 0.3 is 17.9 Å². The number of carboxylic acids is 3. The van der Waals surface area contributed by atoms with Gasteiger partial charge in [0.25, 0.3) is 0 Å². The van der Waals surface area contributed by atoms with Crippen LogP contribution in [0.4, 0.5) is 0 Å². The van der Waals surface area contributed by atoms with E-state index in [0.29, 0.717) is 25.2 Å². The van der Waals surface area contributed by atoms with Crippen LogP contribution in [0, 0.1) is 5.92 Å². The highest BCUT2D eigenvalue weighted by atomic mass is 16.4. The minimum Gasteiger partial charge on any atom is -0.480 e. The number of nitrogens with two attached hydrogens (primary N) is 3. The molecule has 0 aliphatic rings. The number of carbonyl (C=O) groups is 3. The van der Waals surface area contributed by atoms with Crippen LogP contribution < -0.4 is 17.2 Å². The van der Waals surface area contributed by atoms with Crippen molar-refractivity contribution >= 4 is 17.9 Å². The molecule has 0 saturated heterocycles. The Labute approximate surface area is 206 Å². The number of hydrogen-bond acceptors (Lipinski definition) is 7. The van der Waals surface area contributed by atoms with Crippen LogP contribution in [0.25, 0.3) is 0 Å². The Morgan fingerprint density at radius 1 is 0.629 bits per heavy atom. The fraction of sp³-hybridized carbons (Fsp3) is 0.400. The van der Waals surface area contributed by atoms with Crippen molar-refractivity contribution in [3.8, 4) is 0 Å². The van der Waals surface area contributed by atoms with E-state index in [0.717, 1.165) is 18.2 Å². The molecule has 3 unspecified atom stereocenters. The molecule has 0 amide bonds. The van der Waals surface area contributed by atoms with Gasteiger partial charge in [-0.15, -0.1) is 0 Å². The lowest BCUT2D eigenvalue weighted by atomic mass is 10.1. The molecule has 0 aliphatic carbocycles. The molecule has 2 aromatic carbocycles. The third kappa shape index (κ3) is 18.8. The SMILES string of the molecule is CC(C)CC(N)C(=O)O.CO.NC(Cc1ccccc1)C(=O)O.NC(Cc1ccccc1)C(=O)O. The molecular formula is C25H39N3O7. The molecule has 0 saturated carbocycles.